The highest BCUT2D eigenvalue weighted by Crippen LogP contribution is 2.42. The van der Waals surface area contributed by atoms with Gasteiger partial charge in [0, 0.05) is 35.1 Å². The summed E-state index contributed by atoms with van der Waals surface area (Å²) < 4.78 is 1.25. The lowest BCUT2D eigenvalue weighted by molar-refractivity contribution is -0.150. The van der Waals surface area contributed by atoms with Crippen molar-refractivity contribution in [3.63, 3.8) is 0 Å². The summed E-state index contributed by atoms with van der Waals surface area (Å²) in [6.45, 7) is 0. The lowest BCUT2D eigenvalue weighted by Gasteiger charge is -2.49. The van der Waals surface area contributed by atoms with Crippen LogP contribution in [0.5, 0.6) is 0 Å². The van der Waals surface area contributed by atoms with E-state index in [1.165, 1.54) is 60.9 Å². The van der Waals surface area contributed by atoms with E-state index in [0.29, 0.717) is 11.3 Å². The SMILES string of the molecule is CO/N=C(\C(=O)N[C@@H]1C(=O)N2C(C(=O)O)=C(CSc3nc(=O)c(=O)[nH]n3C)CS[C@H]12)c1csc(N)n1.CO/N=C(\C(=O)N[C@@H]1C(=O)N2C(C(=O)O)=CCS[C@H]12)c1csc(N)n1. The molecule has 0 radical (unpaired) electrons. The van der Waals surface area contributed by atoms with E-state index in [-0.39, 0.29) is 61.1 Å². The fraction of sp³-hybridized carbons (Fsp3) is 0.323. The standard InChI is InChI=1S/C18H18N8O7S3.C13H13N5O5S2/c1-25-18(22-12(28)13(29)23-25)36-4-6-3-34-15-9(14(30)26(15)10(6)16(31)32)21-11(27)8(24-33-2)7-5-35-17(19)20-7;1-23-17-7(5-4-25-13(14)15-5)9(19)16-8-10(20)18-6(12(21)22)2-3-24-11(8)18/h5,9,15H,3-4H2,1-2H3,(H2,19,20)(H,21,27)(H,23,29)(H,31,32);2,4,8,11H,3H2,1H3,(H2,14,15)(H,16,19)(H,21,22)/b24-8-;17-7-/t9-,15-;8-,11-/m11/s1. The molecule has 2 saturated heterocycles. The maximum absolute atomic E-state index is 12.9. The van der Waals surface area contributed by atoms with E-state index in [1.807, 2.05) is 0 Å². The molecule has 4 amide bonds. The molecular formula is C31H31N13O12S5. The molecule has 7 heterocycles. The molecule has 61 heavy (non-hydrogen) atoms. The summed E-state index contributed by atoms with van der Waals surface area (Å²) in [7, 11) is 4.02. The predicted molar refractivity (Wildman–Crippen MR) is 221 cm³/mol. The summed E-state index contributed by atoms with van der Waals surface area (Å²) in [5.74, 6) is -4.19. The van der Waals surface area contributed by atoms with Crippen LogP contribution in [0.1, 0.15) is 11.4 Å². The molecule has 4 atom stereocenters. The second kappa shape index (κ2) is 18.6. The zero-order valence-electron chi connectivity index (χ0n) is 31.4. The number of oxime groups is 2. The highest BCUT2D eigenvalue weighted by atomic mass is 32.2. The van der Waals surface area contributed by atoms with Crippen molar-refractivity contribution in [2.24, 2.45) is 17.4 Å². The first-order valence-corrected chi connectivity index (χ1v) is 21.7. The molecule has 30 heteroatoms. The van der Waals surface area contributed by atoms with Crippen LogP contribution in [0, 0.1) is 0 Å². The van der Waals surface area contributed by atoms with Gasteiger partial charge in [-0.1, -0.05) is 22.1 Å². The van der Waals surface area contributed by atoms with E-state index in [2.05, 4.69) is 45.8 Å². The molecule has 0 bridgehead atoms. The van der Waals surface area contributed by atoms with Crippen LogP contribution in [0.2, 0.25) is 0 Å². The number of thiazole rings is 2. The maximum Gasteiger partial charge on any atom is 0.352 e. The number of nitrogens with zero attached hydrogens (tertiary/aromatic N) is 8. The minimum Gasteiger partial charge on any atom is -0.477 e. The van der Waals surface area contributed by atoms with Gasteiger partial charge >= 0.3 is 23.1 Å². The molecule has 322 valence electrons. The normalized spacial score (nSPS) is 20.8. The van der Waals surface area contributed by atoms with Crippen molar-refractivity contribution in [3.05, 3.63) is 65.9 Å². The van der Waals surface area contributed by atoms with Crippen molar-refractivity contribution in [1.82, 2.24) is 45.2 Å². The van der Waals surface area contributed by atoms with Gasteiger partial charge in [0.05, 0.1) is 0 Å². The number of carboxylic acids is 2. The number of rotatable bonds is 13. The van der Waals surface area contributed by atoms with Crippen molar-refractivity contribution in [2.45, 2.75) is 28.0 Å². The number of anilines is 2. The van der Waals surface area contributed by atoms with Crippen LogP contribution in [0.15, 0.2) is 58.9 Å². The zero-order chi connectivity index (χ0) is 44.3. The number of hydrogen-bond donors (Lipinski definition) is 7. The third-order valence-corrected chi connectivity index (χ3v) is 13.5. The average Bonchev–Trinajstić information content (AvgIpc) is 3.87. The number of nitrogens with one attached hydrogen (secondary N) is 3. The van der Waals surface area contributed by atoms with Gasteiger partial charge in [0.2, 0.25) is 0 Å². The largest absolute Gasteiger partial charge is 0.477 e. The summed E-state index contributed by atoms with van der Waals surface area (Å²) >= 11 is 5.90. The molecule has 0 unspecified atom stereocenters. The van der Waals surface area contributed by atoms with Crippen LogP contribution >= 0.6 is 58.0 Å². The molecule has 9 N–H and O–H groups in total. The number of H-pyrrole nitrogens is 1. The maximum atomic E-state index is 12.9. The molecule has 0 aromatic carbocycles. The van der Waals surface area contributed by atoms with Crippen molar-refractivity contribution >= 4 is 115 Å². The number of aromatic amines is 1. The van der Waals surface area contributed by atoms with Gasteiger partial charge in [-0.05, 0) is 11.6 Å². The molecule has 7 rings (SSSR count). The minimum absolute atomic E-state index is 0.0719. The topological polar surface area (TPSA) is 362 Å². The Morgan fingerprint density at radius 2 is 1.41 bits per heavy atom. The van der Waals surface area contributed by atoms with E-state index in [0.717, 1.165) is 44.2 Å². The van der Waals surface area contributed by atoms with Crippen molar-refractivity contribution < 1.29 is 48.7 Å². The van der Waals surface area contributed by atoms with E-state index in [9.17, 15) is 43.5 Å². The Morgan fingerprint density at radius 3 is 1.90 bits per heavy atom. The van der Waals surface area contributed by atoms with Gasteiger partial charge in [-0.15, -0.1) is 46.2 Å². The quantitative estimate of drug-likeness (QED) is 0.0315. The van der Waals surface area contributed by atoms with Crippen molar-refractivity contribution in [2.75, 3.05) is 42.9 Å². The van der Waals surface area contributed by atoms with E-state index in [4.69, 9.17) is 21.4 Å². The number of carbonyl (C=O) groups is 6. The predicted octanol–water partition coefficient (Wildman–Crippen LogP) is -2.17. The second-order valence-corrected chi connectivity index (χ2v) is 17.2. The molecule has 0 spiro atoms. The molecule has 4 aliphatic heterocycles. The minimum atomic E-state index is -1.31. The highest BCUT2D eigenvalue weighted by molar-refractivity contribution is 8.01. The van der Waals surface area contributed by atoms with Gasteiger partial charge < -0.3 is 42.0 Å². The summed E-state index contributed by atoms with van der Waals surface area (Å²) in [6.07, 6.45) is 1.47. The van der Waals surface area contributed by atoms with Gasteiger partial charge in [-0.25, -0.2) is 19.6 Å². The Labute approximate surface area is 361 Å². The summed E-state index contributed by atoms with van der Waals surface area (Å²) in [5, 5.41) is 36.3. The first-order chi connectivity index (χ1) is 29.1. The number of hydrogen-bond acceptors (Lipinski definition) is 22. The Kier molecular flexibility index (Phi) is 13.5. The third-order valence-electron chi connectivity index (χ3n) is 8.54. The molecular weight excluding hydrogens is 907 g/mol. The first-order valence-electron chi connectivity index (χ1n) is 16.9. The smallest absolute Gasteiger partial charge is 0.352 e. The van der Waals surface area contributed by atoms with Crippen LogP contribution < -0.4 is 33.2 Å². The van der Waals surface area contributed by atoms with E-state index < -0.39 is 69.5 Å². The number of aromatic nitrogens is 5. The number of carboxylic acid groups (broad SMARTS) is 2. The summed E-state index contributed by atoms with van der Waals surface area (Å²) in [4.78, 5) is 120. The first kappa shape index (κ1) is 44.3. The molecule has 0 saturated carbocycles. The van der Waals surface area contributed by atoms with Crippen LogP contribution in [-0.4, -0.2) is 146 Å². The van der Waals surface area contributed by atoms with E-state index >= 15 is 0 Å². The van der Waals surface area contributed by atoms with Crippen LogP contribution in [0.3, 0.4) is 0 Å². The molecule has 3 aromatic rings. The second-order valence-electron chi connectivity index (χ2n) is 12.3. The molecule has 2 fully saturated rings. The highest BCUT2D eigenvalue weighted by Gasteiger charge is 2.55. The number of nitrogens with two attached hydrogens (primary N) is 2. The lowest BCUT2D eigenvalue weighted by atomic mass is 10.0. The zero-order valence-corrected chi connectivity index (χ0v) is 35.5. The van der Waals surface area contributed by atoms with Gasteiger partial charge in [0.25, 0.3) is 23.6 Å². The van der Waals surface area contributed by atoms with Crippen molar-refractivity contribution in [3.8, 4) is 0 Å². The molecule has 3 aromatic heterocycles. The van der Waals surface area contributed by atoms with Gasteiger partial charge in [0.15, 0.2) is 26.8 Å². The van der Waals surface area contributed by atoms with Crippen LogP contribution in [0.4, 0.5) is 10.3 Å². The van der Waals surface area contributed by atoms with Crippen LogP contribution in [0.25, 0.3) is 0 Å². The third kappa shape index (κ3) is 9.11. The lowest BCUT2D eigenvalue weighted by Crippen LogP contribution is -2.71. The number of aliphatic carboxylic acids is 2. The van der Waals surface area contributed by atoms with Gasteiger partial charge in [-0.3, -0.25) is 48.3 Å². The number of fused-ring (bicyclic) bond motifs is 2. The number of thioether (sulfide) groups is 3. The Bertz CT molecular complexity index is 2560. The Morgan fingerprint density at radius 1 is 0.869 bits per heavy atom. The summed E-state index contributed by atoms with van der Waals surface area (Å²) in [6, 6.07) is -1.84. The number of carbonyl (C=O) groups excluding carboxylic acids is 4. The number of nitrogen functional groups attached to an aromatic ring is 2. The monoisotopic (exact) mass is 937 g/mol. The van der Waals surface area contributed by atoms with Crippen molar-refractivity contribution in [1.29, 1.82) is 0 Å². The molecule has 25 nitrogen and oxygen atoms in total. The van der Waals surface area contributed by atoms with Gasteiger partial charge in [-0.2, -0.15) is 4.98 Å². The Balaban J connectivity index is 0.000000218. The number of aryl methyl sites for hydroxylation is 1. The van der Waals surface area contributed by atoms with E-state index in [1.54, 1.807) is 5.38 Å². The van der Waals surface area contributed by atoms with Crippen LogP contribution in [-0.2, 0) is 45.5 Å². The average molecular weight is 938 g/mol. The number of amides is 4. The summed E-state index contributed by atoms with van der Waals surface area (Å²) in [5.41, 5.74) is 9.60. The fourth-order valence-corrected chi connectivity index (χ4v) is 10.6. The van der Waals surface area contributed by atoms with Gasteiger partial charge in [0.1, 0.15) is 59.8 Å². The molecule has 4 aliphatic rings. The number of β-lactam (4-membered cyclic amide) rings is 2. The fourth-order valence-electron chi connectivity index (χ4n) is 5.88. The Hall–Kier alpha value is -6.24. The molecule has 0 aliphatic carbocycles.